The summed E-state index contributed by atoms with van der Waals surface area (Å²) in [4.78, 5) is 10.2. The van der Waals surface area contributed by atoms with Gasteiger partial charge in [0.05, 0.1) is 11.0 Å². The standard InChI is InChI=1S/C19H19NO8S/c1-11-15(21)17(16(22)18(25-11)26-13-5-3-2-4-6-13)28-19(29)27-14-9-7-12(8-10-14)20(23)24/h2-11,15-18,21-22H,1H3/t11-,15-,16+,17+,18+/m0/s1. The van der Waals surface area contributed by atoms with E-state index in [-0.39, 0.29) is 16.7 Å². The number of non-ortho nitro benzene ring substituents is 1. The van der Waals surface area contributed by atoms with E-state index in [1.54, 1.807) is 31.2 Å². The lowest BCUT2D eigenvalue weighted by molar-refractivity contribution is -0.384. The fourth-order valence-corrected chi connectivity index (χ4v) is 2.94. The average molecular weight is 421 g/mol. The number of hydrogen-bond donors (Lipinski definition) is 2. The van der Waals surface area contributed by atoms with E-state index in [4.69, 9.17) is 31.2 Å². The summed E-state index contributed by atoms with van der Waals surface area (Å²) in [6.07, 6.45) is -5.53. The number of nitro benzene ring substituents is 1. The molecule has 1 aliphatic heterocycles. The quantitative estimate of drug-likeness (QED) is 0.425. The molecule has 2 aromatic carbocycles. The molecule has 154 valence electrons. The number of benzene rings is 2. The zero-order valence-electron chi connectivity index (χ0n) is 15.3. The number of aliphatic hydroxyl groups excluding tert-OH is 2. The SMILES string of the molecule is C[C@@H]1O[C@H](Oc2ccccc2)[C@H](O)[C@H](OC(=S)Oc2ccc([N+](=O)[O-])cc2)[C@H]1O. The van der Waals surface area contributed by atoms with Crippen LogP contribution in [0.25, 0.3) is 0 Å². The van der Waals surface area contributed by atoms with Gasteiger partial charge < -0.3 is 29.2 Å². The van der Waals surface area contributed by atoms with Gasteiger partial charge >= 0.3 is 5.24 Å². The second kappa shape index (κ2) is 9.14. The monoisotopic (exact) mass is 421 g/mol. The molecular formula is C19H19NO8S. The van der Waals surface area contributed by atoms with E-state index in [0.717, 1.165) is 0 Å². The Morgan fingerprint density at radius 3 is 2.34 bits per heavy atom. The van der Waals surface area contributed by atoms with Crippen LogP contribution >= 0.6 is 12.2 Å². The summed E-state index contributed by atoms with van der Waals surface area (Å²) in [6.45, 7) is 1.61. The Bertz CT molecular complexity index is 847. The van der Waals surface area contributed by atoms with Crippen LogP contribution in [-0.4, -0.2) is 51.1 Å². The van der Waals surface area contributed by atoms with Gasteiger partial charge in [-0.1, -0.05) is 18.2 Å². The molecule has 1 saturated heterocycles. The van der Waals surface area contributed by atoms with Gasteiger partial charge in [-0.25, -0.2) is 0 Å². The summed E-state index contributed by atoms with van der Waals surface area (Å²) >= 11 is 5.03. The molecule has 5 atom stereocenters. The van der Waals surface area contributed by atoms with Crippen LogP contribution in [0, 0.1) is 10.1 Å². The lowest BCUT2D eigenvalue weighted by atomic mass is 10.00. The molecule has 0 aromatic heterocycles. The van der Waals surface area contributed by atoms with Crippen molar-refractivity contribution < 1.29 is 34.1 Å². The number of para-hydroxylation sites is 1. The third-order valence-corrected chi connectivity index (χ3v) is 4.44. The van der Waals surface area contributed by atoms with Crippen LogP contribution in [0.15, 0.2) is 54.6 Å². The number of rotatable bonds is 5. The fourth-order valence-electron chi connectivity index (χ4n) is 2.73. The molecule has 0 aliphatic carbocycles. The van der Waals surface area contributed by atoms with E-state index in [0.29, 0.717) is 5.75 Å². The molecule has 1 fully saturated rings. The Hall–Kier alpha value is -2.79. The predicted molar refractivity (Wildman–Crippen MR) is 105 cm³/mol. The molecule has 0 radical (unpaired) electrons. The van der Waals surface area contributed by atoms with Crippen LogP contribution in [0.1, 0.15) is 6.92 Å². The lowest BCUT2D eigenvalue weighted by Crippen LogP contribution is -2.59. The third-order valence-electron chi connectivity index (χ3n) is 4.26. The van der Waals surface area contributed by atoms with Gasteiger partial charge in [0.1, 0.15) is 17.6 Å². The van der Waals surface area contributed by atoms with E-state index in [2.05, 4.69) is 0 Å². The molecule has 0 spiro atoms. The number of hydrogen-bond acceptors (Lipinski definition) is 9. The minimum Gasteiger partial charge on any atom is -0.462 e. The van der Waals surface area contributed by atoms with Crippen molar-refractivity contribution in [3.8, 4) is 11.5 Å². The van der Waals surface area contributed by atoms with Gasteiger partial charge in [-0.05, 0) is 31.2 Å². The number of nitro groups is 1. The van der Waals surface area contributed by atoms with Crippen molar-refractivity contribution in [2.75, 3.05) is 0 Å². The smallest absolute Gasteiger partial charge is 0.358 e. The first-order chi connectivity index (χ1) is 13.8. The Balaban J connectivity index is 1.65. The van der Waals surface area contributed by atoms with E-state index in [9.17, 15) is 20.3 Å². The van der Waals surface area contributed by atoms with Gasteiger partial charge in [0, 0.05) is 24.4 Å². The Kier molecular flexibility index (Phi) is 6.60. The Morgan fingerprint density at radius 1 is 1.07 bits per heavy atom. The zero-order valence-corrected chi connectivity index (χ0v) is 16.1. The molecule has 1 aliphatic rings. The normalized spacial score (nSPS) is 26.4. The van der Waals surface area contributed by atoms with E-state index < -0.39 is 35.6 Å². The van der Waals surface area contributed by atoms with Gasteiger partial charge in [-0.2, -0.15) is 0 Å². The predicted octanol–water partition coefficient (Wildman–Crippen LogP) is 2.19. The molecule has 29 heavy (non-hydrogen) atoms. The lowest BCUT2D eigenvalue weighted by Gasteiger charge is -2.40. The third kappa shape index (κ3) is 5.18. The Morgan fingerprint density at radius 2 is 1.72 bits per heavy atom. The van der Waals surface area contributed by atoms with Crippen LogP contribution in [0.2, 0.25) is 0 Å². The van der Waals surface area contributed by atoms with Crippen LogP contribution in [0.5, 0.6) is 11.5 Å². The van der Waals surface area contributed by atoms with Crippen LogP contribution in [0.3, 0.4) is 0 Å². The first-order valence-electron chi connectivity index (χ1n) is 8.71. The minimum atomic E-state index is -1.36. The van der Waals surface area contributed by atoms with Crippen LogP contribution in [0.4, 0.5) is 5.69 Å². The van der Waals surface area contributed by atoms with Gasteiger partial charge in [0.25, 0.3) is 5.69 Å². The second-order valence-electron chi connectivity index (χ2n) is 6.31. The van der Waals surface area contributed by atoms with Crippen LogP contribution in [-0.2, 0) is 9.47 Å². The summed E-state index contributed by atoms with van der Waals surface area (Å²) in [6, 6.07) is 14.0. The minimum absolute atomic E-state index is 0.103. The maximum Gasteiger partial charge on any atom is 0.358 e. The molecule has 2 aromatic rings. The molecule has 3 rings (SSSR count). The van der Waals surface area contributed by atoms with E-state index in [1.807, 2.05) is 6.07 Å². The molecule has 0 unspecified atom stereocenters. The summed E-state index contributed by atoms with van der Waals surface area (Å²) in [5.41, 5.74) is -0.103. The largest absolute Gasteiger partial charge is 0.462 e. The van der Waals surface area contributed by atoms with E-state index in [1.165, 1.54) is 24.3 Å². The highest BCUT2D eigenvalue weighted by Gasteiger charge is 2.46. The molecule has 0 saturated carbocycles. The summed E-state index contributed by atoms with van der Waals surface area (Å²) in [5.74, 6) is 0.686. The van der Waals surface area contributed by atoms with Gasteiger partial charge in [-0.15, -0.1) is 0 Å². The summed E-state index contributed by atoms with van der Waals surface area (Å²) < 4.78 is 21.9. The highest BCUT2D eigenvalue weighted by Crippen LogP contribution is 2.27. The van der Waals surface area contributed by atoms with Gasteiger partial charge in [0.15, 0.2) is 12.2 Å². The molecule has 0 bridgehead atoms. The molecule has 1 heterocycles. The maximum absolute atomic E-state index is 10.7. The van der Waals surface area contributed by atoms with Crippen molar-refractivity contribution in [1.82, 2.24) is 0 Å². The molecule has 0 amide bonds. The van der Waals surface area contributed by atoms with Gasteiger partial charge in [-0.3, -0.25) is 10.1 Å². The fraction of sp³-hybridized carbons (Fsp3) is 0.316. The number of aliphatic hydroxyl groups is 2. The van der Waals surface area contributed by atoms with Crippen molar-refractivity contribution in [1.29, 1.82) is 0 Å². The number of nitrogens with zero attached hydrogens (tertiary/aromatic N) is 1. The number of thiocarbonyl (C=S) groups is 1. The highest BCUT2D eigenvalue weighted by molar-refractivity contribution is 7.79. The summed E-state index contributed by atoms with van der Waals surface area (Å²) in [5, 5.41) is 31.2. The highest BCUT2D eigenvalue weighted by atomic mass is 32.1. The van der Waals surface area contributed by atoms with Crippen LogP contribution < -0.4 is 9.47 Å². The van der Waals surface area contributed by atoms with Crippen molar-refractivity contribution >= 4 is 23.1 Å². The van der Waals surface area contributed by atoms with Gasteiger partial charge in [0.2, 0.25) is 6.29 Å². The first-order valence-corrected chi connectivity index (χ1v) is 9.12. The molecular weight excluding hydrogens is 402 g/mol. The zero-order chi connectivity index (χ0) is 21.0. The van der Waals surface area contributed by atoms with Crippen molar-refractivity contribution in [2.45, 2.75) is 37.6 Å². The van der Waals surface area contributed by atoms with E-state index >= 15 is 0 Å². The molecule has 2 N–H and O–H groups in total. The van der Waals surface area contributed by atoms with Crippen molar-refractivity contribution in [2.24, 2.45) is 0 Å². The van der Waals surface area contributed by atoms with Crippen molar-refractivity contribution in [3.63, 3.8) is 0 Å². The first kappa shape index (κ1) is 20.9. The maximum atomic E-state index is 10.7. The average Bonchev–Trinajstić information content (AvgIpc) is 2.70. The molecule has 9 nitrogen and oxygen atoms in total. The Labute approximate surface area is 171 Å². The number of ether oxygens (including phenoxy) is 4. The molecule has 10 heteroatoms. The topological polar surface area (TPSA) is 121 Å². The second-order valence-corrected chi connectivity index (χ2v) is 6.64. The van der Waals surface area contributed by atoms with Crippen molar-refractivity contribution in [3.05, 3.63) is 64.7 Å². The summed E-state index contributed by atoms with van der Waals surface area (Å²) in [7, 11) is 0.